The molecule has 10 rings (SSSR count). The van der Waals surface area contributed by atoms with Gasteiger partial charge in [-0.25, -0.2) is 0 Å². The van der Waals surface area contributed by atoms with E-state index in [1.165, 1.54) is 32.0 Å². The number of aryl methyl sites for hydroxylation is 2. The quantitative estimate of drug-likeness (QED) is 0.167. The monoisotopic (exact) mass is 906 g/mol. The van der Waals surface area contributed by atoms with Gasteiger partial charge in [0.05, 0.1) is 23.9 Å². The number of halogens is 2. The molecule has 0 fully saturated rings. The van der Waals surface area contributed by atoms with Crippen molar-refractivity contribution in [3.05, 3.63) is 187 Å². The minimum atomic E-state index is 0.0944. The third-order valence-corrected chi connectivity index (χ3v) is 14.6. The number of aliphatic imine (C=N–C) groups is 2. The molecule has 6 aromatic carbocycles. The van der Waals surface area contributed by atoms with Crippen LogP contribution in [0, 0.1) is 13.8 Å². The molecule has 2 aromatic heterocycles. The Morgan fingerprint density at radius 1 is 0.561 bits per heavy atom. The highest BCUT2D eigenvalue weighted by Crippen LogP contribution is 2.50. The first kappa shape index (κ1) is 36.7. The lowest BCUT2D eigenvalue weighted by molar-refractivity contribution is 0.607. The molecule has 8 heteroatoms. The standard InChI is InChI=1S/C49H36Br2N2O2S2/c1-28-26-54-48-36(28)20-30(22-38(48)46-24-42(32-11-15-34(50)16-12-32)52-40-7-3-5-9-44(40)56-46)19-31-21-37-29(2)27-55-49(37)39(23-31)47-25-43(33-13-17-35(51)18-14-33)53-41-8-4-6-10-45(41)57-47/h3-18,20-23,26-27,46-47H,19,24-25H2,1-2H3. The average Bonchev–Trinajstić information content (AvgIpc) is 3.63. The normalized spacial score (nSPS) is 16.8. The lowest BCUT2D eigenvalue weighted by atomic mass is 9.93. The molecule has 0 saturated heterocycles. The van der Waals surface area contributed by atoms with E-state index in [4.69, 9.17) is 18.8 Å². The molecule has 2 unspecified atom stereocenters. The number of hydrogen-bond acceptors (Lipinski definition) is 6. The molecule has 2 aliphatic rings. The van der Waals surface area contributed by atoms with Gasteiger partial charge in [-0.05, 0) is 114 Å². The topological polar surface area (TPSA) is 51.0 Å². The van der Waals surface area contributed by atoms with Crippen molar-refractivity contribution < 1.29 is 8.83 Å². The molecule has 0 amide bonds. The fourth-order valence-electron chi connectivity index (χ4n) is 8.03. The molecule has 4 heterocycles. The van der Waals surface area contributed by atoms with Crippen LogP contribution in [0.5, 0.6) is 0 Å². The number of para-hydroxylation sites is 2. The molecule has 8 aromatic rings. The van der Waals surface area contributed by atoms with E-state index in [0.717, 1.165) is 95.2 Å². The van der Waals surface area contributed by atoms with Crippen molar-refractivity contribution in [2.45, 2.75) is 53.4 Å². The van der Waals surface area contributed by atoms with Crippen LogP contribution in [0.2, 0.25) is 0 Å². The number of fused-ring (bicyclic) bond motifs is 4. The van der Waals surface area contributed by atoms with E-state index in [0.29, 0.717) is 0 Å². The molecule has 0 radical (unpaired) electrons. The van der Waals surface area contributed by atoms with Gasteiger partial charge in [0.1, 0.15) is 11.2 Å². The minimum absolute atomic E-state index is 0.0944. The Morgan fingerprint density at radius 2 is 0.982 bits per heavy atom. The maximum Gasteiger partial charge on any atom is 0.138 e. The second kappa shape index (κ2) is 15.3. The van der Waals surface area contributed by atoms with E-state index < -0.39 is 0 Å². The molecule has 0 aliphatic carbocycles. The Balaban J connectivity index is 1.06. The largest absolute Gasteiger partial charge is 0.464 e. The summed E-state index contributed by atoms with van der Waals surface area (Å²) in [6, 6.07) is 43.4. The Kier molecular flexibility index (Phi) is 9.85. The molecule has 0 spiro atoms. The van der Waals surface area contributed by atoms with Gasteiger partial charge in [-0.3, -0.25) is 9.98 Å². The predicted molar refractivity (Wildman–Crippen MR) is 245 cm³/mol. The van der Waals surface area contributed by atoms with Crippen molar-refractivity contribution in [2.75, 3.05) is 0 Å². The van der Waals surface area contributed by atoms with Gasteiger partial charge in [0.15, 0.2) is 0 Å². The highest BCUT2D eigenvalue weighted by atomic mass is 79.9. The molecule has 2 aliphatic heterocycles. The Bertz CT molecular complexity index is 2690. The molecule has 57 heavy (non-hydrogen) atoms. The van der Waals surface area contributed by atoms with Crippen LogP contribution in [-0.4, -0.2) is 11.4 Å². The van der Waals surface area contributed by atoms with Crippen molar-refractivity contribution in [1.29, 1.82) is 0 Å². The van der Waals surface area contributed by atoms with Gasteiger partial charge >= 0.3 is 0 Å². The van der Waals surface area contributed by atoms with Crippen LogP contribution in [0.1, 0.15) is 67.8 Å². The van der Waals surface area contributed by atoms with Crippen molar-refractivity contribution >= 4 is 100 Å². The molecule has 2 atom stereocenters. The van der Waals surface area contributed by atoms with Gasteiger partial charge < -0.3 is 8.83 Å². The summed E-state index contributed by atoms with van der Waals surface area (Å²) >= 11 is 11.0. The Morgan fingerprint density at radius 3 is 1.42 bits per heavy atom. The smallest absolute Gasteiger partial charge is 0.138 e. The number of rotatable bonds is 6. The van der Waals surface area contributed by atoms with Crippen LogP contribution >= 0.6 is 55.4 Å². The second-order valence-corrected chi connectivity index (χ2v) is 19.1. The molecular formula is C49H36Br2N2O2S2. The number of furan rings is 2. The van der Waals surface area contributed by atoms with Gasteiger partial charge in [-0.2, -0.15) is 0 Å². The highest BCUT2D eigenvalue weighted by molar-refractivity contribution is 9.10. The molecule has 280 valence electrons. The summed E-state index contributed by atoms with van der Waals surface area (Å²) in [6.45, 7) is 4.29. The van der Waals surface area contributed by atoms with Crippen molar-refractivity contribution in [3.63, 3.8) is 0 Å². The molecule has 4 nitrogen and oxygen atoms in total. The molecule has 0 bridgehead atoms. The van der Waals surface area contributed by atoms with E-state index >= 15 is 0 Å². The third-order valence-electron chi connectivity index (χ3n) is 10.9. The summed E-state index contributed by atoms with van der Waals surface area (Å²) in [5.41, 5.74) is 15.5. The zero-order chi connectivity index (χ0) is 38.6. The van der Waals surface area contributed by atoms with E-state index in [1.54, 1.807) is 0 Å². The number of hydrogen-bond donors (Lipinski definition) is 0. The summed E-state index contributed by atoms with van der Waals surface area (Å²) in [4.78, 5) is 12.9. The first-order valence-corrected chi connectivity index (χ1v) is 22.4. The zero-order valence-corrected chi connectivity index (χ0v) is 36.1. The van der Waals surface area contributed by atoms with Gasteiger partial charge in [-0.1, -0.05) is 92.5 Å². The maximum atomic E-state index is 6.39. The van der Waals surface area contributed by atoms with E-state index in [9.17, 15) is 0 Å². The number of benzene rings is 6. The van der Waals surface area contributed by atoms with E-state index in [1.807, 2.05) is 36.1 Å². The first-order chi connectivity index (χ1) is 27.8. The van der Waals surface area contributed by atoms with Gasteiger partial charge in [0.2, 0.25) is 0 Å². The van der Waals surface area contributed by atoms with Crippen LogP contribution in [0.25, 0.3) is 21.9 Å². The summed E-state index contributed by atoms with van der Waals surface area (Å²) in [5.74, 6) is 0. The zero-order valence-electron chi connectivity index (χ0n) is 31.3. The molecular weight excluding hydrogens is 872 g/mol. The third kappa shape index (κ3) is 7.26. The molecule has 0 N–H and O–H groups in total. The second-order valence-electron chi connectivity index (χ2n) is 14.8. The Hall–Kier alpha value is -4.60. The van der Waals surface area contributed by atoms with E-state index in [-0.39, 0.29) is 10.5 Å². The maximum absolute atomic E-state index is 6.39. The lowest BCUT2D eigenvalue weighted by Gasteiger charge is -2.19. The van der Waals surface area contributed by atoms with E-state index in [2.05, 4.69) is 167 Å². The SMILES string of the molecule is Cc1coc2c(C3CC(c4ccc(Br)cc4)=Nc4ccccc4S3)cc(Cc3cc(C4CC(c5ccc(Br)cc5)=Nc5ccccc5S4)c4occ(C)c4c3)cc12. The number of nitrogens with zero attached hydrogens (tertiary/aromatic N) is 2. The Labute approximate surface area is 357 Å². The fraction of sp³-hybridized carbons (Fsp3) is 0.143. The van der Waals surface area contributed by atoms with Crippen molar-refractivity contribution in [3.8, 4) is 0 Å². The summed E-state index contributed by atoms with van der Waals surface area (Å²) in [6.07, 6.45) is 6.12. The van der Waals surface area contributed by atoms with Crippen molar-refractivity contribution in [1.82, 2.24) is 0 Å². The van der Waals surface area contributed by atoms with Crippen LogP contribution in [-0.2, 0) is 6.42 Å². The van der Waals surface area contributed by atoms with Crippen molar-refractivity contribution in [2.24, 2.45) is 9.98 Å². The predicted octanol–water partition coefficient (Wildman–Crippen LogP) is 15.6. The van der Waals surface area contributed by atoms with Gasteiger partial charge in [0.25, 0.3) is 0 Å². The first-order valence-electron chi connectivity index (χ1n) is 19.0. The van der Waals surface area contributed by atoms with Gasteiger partial charge in [0, 0.05) is 75.4 Å². The highest BCUT2D eigenvalue weighted by Gasteiger charge is 2.28. The summed E-state index contributed by atoms with van der Waals surface area (Å²) < 4.78 is 14.9. The van der Waals surface area contributed by atoms with Crippen LogP contribution < -0.4 is 0 Å². The number of thioether (sulfide) groups is 2. The molecule has 0 saturated carbocycles. The minimum Gasteiger partial charge on any atom is -0.464 e. The van der Waals surface area contributed by atoms with Crippen LogP contribution in [0.4, 0.5) is 11.4 Å². The average molecular weight is 909 g/mol. The van der Waals surface area contributed by atoms with Crippen LogP contribution in [0.3, 0.4) is 0 Å². The summed E-state index contributed by atoms with van der Waals surface area (Å²) in [7, 11) is 0. The summed E-state index contributed by atoms with van der Waals surface area (Å²) in [5, 5.41) is 2.51. The van der Waals surface area contributed by atoms with Gasteiger partial charge in [-0.15, -0.1) is 23.5 Å². The van der Waals surface area contributed by atoms with Crippen LogP contribution in [0.15, 0.2) is 171 Å². The lowest BCUT2D eigenvalue weighted by Crippen LogP contribution is -2.07. The fourth-order valence-corrected chi connectivity index (χ4v) is 11.0.